The molecule has 8 heteroatoms. The summed E-state index contributed by atoms with van der Waals surface area (Å²) in [5.41, 5.74) is 2.64. The standard InChI is InChI=1S/C16H9F6NS/c17-15(18,19)14(16(20,21)22)10-6-4-9(5-7-10)11-2-1-3-12-13(11)23-8-24-12/h1-8,14H. The van der Waals surface area contributed by atoms with Crippen molar-refractivity contribution in [2.45, 2.75) is 18.3 Å². The van der Waals surface area contributed by atoms with Crippen LogP contribution in [0.4, 0.5) is 26.3 Å². The number of thiazole rings is 1. The molecule has 0 spiro atoms. The first kappa shape index (κ1) is 16.8. The topological polar surface area (TPSA) is 12.9 Å². The molecule has 0 fully saturated rings. The summed E-state index contributed by atoms with van der Waals surface area (Å²) in [6, 6.07) is 9.58. The van der Waals surface area contributed by atoms with E-state index in [2.05, 4.69) is 4.98 Å². The zero-order valence-corrected chi connectivity index (χ0v) is 12.6. The van der Waals surface area contributed by atoms with Crippen molar-refractivity contribution < 1.29 is 26.3 Å². The van der Waals surface area contributed by atoms with Gasteiger partial charge in [-0.3, -0.25) is 0 Å². The number of halogens is 6. The lowest BCUT2D eigenvalue weighted by atomic mass is 9.95. The molecule has 0 unspecified atom stereocenters. The lowest BCUT2D eigenvalue weighted by Gasteiger charge is -2.23. The average Bonchev–Trinajstić information content (AvgIpc) is 2.93. The van der Waals surface area contributed by atoms with Crippen LogP contribution in [0, 0.1) is 0 Å². The van der Waals surface area contributed by atoms with Gasteiger partial charge in [0.05, 0.1) is 15.7 Å². The van der Waals surface area contributed by atoms with Crippen LogP contribution in [0.5, 0.6) is 0 Å². The highest BCUT2D eigenvalue weighted by Gasteiger charge is 2.57. The highest BCUT2D eigenvalue weighted by atomic mass is 32.1. The maximum Gasteiger partial charge on any atom is 0.404 e. The number of hydrogen-bond acceptors (Lipinski definition) is 2. The second-order valence-corrected chi connectivity index (χ2v) is 6.03. The van der Waals surface area contributed by atoms with Gasteiger partial charge in [0.15, 0.2) is 5.92 Å². The molecule has 2 aromatic carbocycles. The Morgan fingerprint density at radius 3 is 2.04 bits per heavy atom. The third-order valence-electron chi connectivity index (χ3n) is 3.57. The number of hydrogen-bond donors (Lipinski definition) is 0. The van der Waals surface area contributed by atoms with Gasteiger partial charge in [-0.1, -0.05) is 36.4 Å². The van der Waals surface area contributed by atoms with E-state index in [1.165, 1.54) is 23.5 Å². The summed E-state index contributed by atoms with van der Waals surface area (Å²) in [6.45, 7) is 0. The molecule has 0 saturated carbocycles. The third kappa shape index (κ3) is 3.10. The Kier molecular flexibility index (Phi) is 4.03. The molecule has 0 amide bonds. The van der Waals surface area contributed by atoms with Crippen molar-refractivity contribution in [2.75, 3.05) is 0 Å². The first-order chi connectivity index (χ1) is 11.2. The molecule has 1 aromatic heterocycles. The molecule has 3 aromatic rings. The fourth-order valence-corrected chi connectivity index (χ4v) is 3.24. The van der Waals surface area contributed by atoms with Gasteiger partial charge in [0, 0.05) is 5.56 Å². The summed E-state index contributed by atoms with van der Waals surface area (Å²) in [5, 5.41) is 0. The number of alkyl halides is 6. The Morgan fingerprint density at radius 1 is 0.833 bits per heavy atom. The fourth-order valence-electron chi connectivity index (χ4n) is 2.54. The molecule has 0 bridgehead atoms. The van der Waals surface area contributed by atoms with Crippen LogP contribution in [0.15, 0.2) is 48.0 Å². The molecule has 126 valence electrons. The van der Waals surface area contributed by atoms with Gasteiger partial charge in [0.1, 0.15) is 0 Å². The molecule has 24 heavy (non-hydrogen) atoms. The third-order valence-corrected chi connectivity index (χ3v) is 4.36. The van der Waals surface area contributed by atoms with Crippen LogP contribution in [0.2, 0.25) is 0 Å². The lowest BCUT2D eigenvalue weighted by Crippen LogP contribution is -2.34. The van der Waals surface area contributed by atoms with Crippen LogP contribution in [0.25, 0.3) is 21.3 Å². The molecule has 0 N–H and O–H groups in total. The Balaban J connectivity index is 2.03. The molecule has 3 rings (SSSR count). The summed E-state index contributed by atoms with van der Waals surface area (Å²) < 4.78 is 77.5. The Hall–Kier alpha value is -2.09. The minimum Gasteiger partial charge on any atom is -0.244 e. The van der Waals surface area contributed by atoms with Crippen LogP contribution in [0.3, 0.4) is 0 Å². The maximum atomic E-state index is 12.8. The van der Waals surface area contributed by atoms with Crippen LogP contribution < -0.4 is 0 Å². The maximum absolute atomic E-state index is 12.8. The number of nitrogens with zero attached hydrogens (tertiary/aromatic N) is 1. The van der Waals surface area contributed by atoms with Crippen molar-refractivity contribution in [3.63, 3.8) is 0 Å². The highest BCUT2D eigenvalue weighted by molar-refractivity contribution is 7.16. The van der Waals surface area contributed by atoms with Crippen LogP contribution in [-0.4, -0.2) is 17.3 Å². The molecule has 0 atom stereocenters. The lowest BCUT2D eigenvalue weighted by molar-refractivity contribution is -0.253. The number of benzene rings is 2. The van der Waals surface area contributed by atoms with Gasteiger partial charge >= 0.3 is 12.4 Å². The Bertz CT molecular complexity index is 833. The van der Waals surface area contributed by atoms with E-state index in [0.717, 1.165) is 16.8 Å². The van der Waals surface area contributed by atoms with Gasteiger partial charge in [-0.05, 0) is 17.2 Å². The van der Waals surface area contributed by atoms with E-state index in [4.69, 9.17) is 0 Å². The molecule has 0 aliphatic carbocycles. The van der Waals surface area contributed by atoms with Crippen molar-refractivity contribution in [1.82, 2.24) is 4.98 Å². The fraction of sp³-hybridized carbons (Fsp3) is 0.188. The number of para-hydroxylation sites is 1. The normalized spacial score (nSPS) is 13.0. The van der Waals surface area contributed by atoms with Crippen molar-refractivity contribution in [3.05, 3.63) is 53.5 Å². The van der Waals surface area contributed by atoms with Gasteiger partial charge in [-0.2, -0.15) is 26.3 Å². The van der Waals surface area contributed by atoms with Crippen molar-refractivity contribution in [1.29, 1.82) is 0 Å². The van der Waals surface area contributed by atoms with Gasteiger partial charge < -0.3 is 0 Å². The van der Waals surface area contributed by atoms with Crippen LogP contribution >= 0.6 is 11.3 Å². The molecule has 0 saturated heterocycles. The highest BCUT2D eigenvalue weighted by Crippen LogP contribution is 2.46. The first-order valence-electron chi connectivity index (χ1n) is 6.74. The smallest absolute Gasteiger partial charge is 0.244 e. The molecular weight excluding hydrogens is 352 g/mol. The Labute approximate surface area is 136 Å². The molecule has 1 heterocycles. The summed E-state index contributed by atoms with van der Waals surface area (Å²) in [7, 11) is 0. The van der Waals surface area contributed by atoms with E-state index < -0.39 is 23.8 Å². The molecule has 0 aliphatic rings. The van der Waals surface area contributed by atoms with Crippen molar-refractivity contribution in [2.24, 2.45) is 0 Å². The molecule has 1 nitrogen and oxygen atoms in total. The van der Waals surface area contributed by atoms with E-state index in [9.17, 15) is 26.3 Å². The van der Waals surface area contributed by atoms with E-state index in [0.29, 0.717) is 16.6 Å². The van der Waals surface area contributed by atoms with E-state index >= 15 is 0 Å². The first-order valence-corrected chi connectivity index (χ1v) is 7.62. The predicted molar refractivity (Wildman–Crippen MR) is 79.9 cm³/mol. The Morgan fingerprint density at radius 2 is 1.46 bits per heavy atom. The van der Waals surface area contributed by atoms with Gasteiger partial charge in [-0.25, -0.2) is 4.98 Å². The monoisotopic (exact) mass is 361 g/mol. The summed E-state index contributed by atoms with van der Waals surface area (Å²) in [6.07, 6.45) is -10.8. The van der Waals surface area contributed by atoms with Gasteiger partial charge in [0.25, 0.3) is 0 Å². The zero-order chi connectivity index (χ0) is 17.5. The summed E-state index contributed by atoms with van der Waals surface area (Å²) >= 11 is 1.40. The second-order valence-electron chi connectivity index (χ2n) is 5.14. The average molecular weight is 361 g/mol. The van der Waals surface area contributed by atoms with E-state index in [1.807, 2.05) is 6.07 Å². The van der Waals surface area contributed by atoms with Gasteiger partial charge in [0.2, 0.25) is 0 Å². The quantitative estimate of drug-likeness (QED) is 0.497. The van der Waals surface area contributed by atoms with Crippen LogP contribution in [-0.2, 0) is 0 Å². The van der Waals surface area contributed by atoms with Crippen molar-refractivity contribution in [3.8, 4) is 11.1 Å². The largest absolute Gasteiger partial charge is 0.404 e. The number of fused-ring (bicyclic) bond motifs is 1. The van der Waals surface area contributed by atoms with Gasteiger partial charge in [-0.15, -0.1) is 11.3 Å². The van der Waals surface area contributed by atoms with E-state index in [-0.39, 0.29) is 0 Å². The minimum absolute atomic E-state index is 0.512. The summed E-state index contributed by atoms with van der Waals surface area (Å²) in [4.78, 5) is 4.19. The number of rotatable bonds is 2. The SMILES string of the molecule is FC(F)(F)C(c1ccc(-c2cccc3scnc23)cc1)C(F)(F)F. The minimum atomic E-state index is -5.39. The molecular formula is C16H9F6NS. The van der Waals surface area contributed by atoms with Crippen molar-refractivity contribution >= 4 is 21.6 Å². The van der Waals surface area contributed by atoms with Crippen LogP contribution in [0.1, 0.15) is 11.5 Å². The number of aromatic nitrogens is 1. The summed E-state index contributed by atoms with van der Waals surface area (Å²) in [5.74, 6) is -3.49. The van der Waals surface area contributed by atoms with E-state index in [1.54, 1.807) is 17.6 Å². The molecule has 0 aliphatic heterocycles. The molecule has 0 radical (unpaired) electrons. The second kappa shape index (κ2) is 5.77. The zero-order valence-electron chi connectivity index (χ0n) is 11.8. The predicted octanol–water partition coefficient (Wildman–Crippen LogP) is 6.17.